The molecular formula is C13H13NO2. The summed E-state index contributed by atoms with van der Waals surface area (Å²) >= 11 is 0. The molecule has 0 aliphatic carbocycles. The summed E-state index contributed by atoms with van der Waals surface area (Å²) < 4.78 is 4.77. The summed E-state index contributed by atoms with van der Waals surface area (Å²) in [4.78, 5) is 12.5. The van der Waals surface area contributed by atoms with Gasteiger partial charge in [0.05, 0.1) is 6.54 Å². The van der Waals surface area contributed by atoms with Crippen molar-refractivity contribution in [2.75, 3.05) is 13.2 Å². The molecule has 1 aromatic rings. The maximum atomic E-state index is 11.0. The second-order valence-electron chi connectivity index (χ2n) is 3.54. The zero-order valence-electron chi connectivity index (χ0n) is 8.98. The lowest BCUT2D eigenvalue weighted by molar-refractivity contribution is 0.167. The topological polar surface area (TPSA) is 29.5 Å². The van der Waals surface area contributed by atoms with Gasteiger partial charge in [-0.1, -0.05) is 36.3 Å². The van der Waals surface area contributed by atoms with Crippen molar-refractivity contribution in [2.45, 2.75) is 12.8 Å². The Balaban J connectivity index is 1.80. The van der Waals surface area contributed by atoms with Crippen LogP contribution in [0.2, 0.25) is 0 Å². The number of carbonyl (C=O) groups excluding carboxylic acids is 1. The second kappa shape index (κ2) is 5.22. The van der Waals surface area contributed by atoms with Gasteiger partial charge >= 0.3 is 6.09 Å². The highest BCUT2D eigenvalue weighted by Crippen LogP contribution is 2.03. The molecule has 1 fully saturated rings. The Bertz CT molecular complexity index is 417. The molecule has 0 aromatic heterocycles. The van der Waals surface area contributed by atoms with Crippen LogP contribution in [-0.2, 0) is 11.2 Å². The van der Waals surface area contributed by atoms with Gasteiger partial charge in [0.25, 0.3) is 0 Å². The molecule has 0 spiro atoms. The molecule has 2 rings (SSSR count). The number of benzene rings is 1. The number of aryl methyl sites for hydroxylation is 1. The van der Waals surface area contributed by atoms with Gasteiger partial charge in [-0.3, -0.25) is 0 Å². The maximum absolute atomic E-state index is 11.0. The van der Waals surface area contributed by atoms with E-state index >= 15 is 0 Å². The van der Waals surface area contributed by atoms with Crippen molar-refractivity contribution in [3.63, 3.8) is 0 Å². The lowest BCUT2D eigenvalue weighted by atomic mass is 10.1. The first kappa shape index (κ1) is 10.6. The molecule has 0 atom stereocenters. The highest BCUT2D eigenvalue weighted by Gasteiger charge is 2.19. The van der Waals surface area contributed by atoms with Crippen LogP contribution in [0.4, 0.5) is 4.79 Å². The van der Waals surface area contributed by atoms with Crippen molar-refractivity contribution in [1.82, 2.24) is 4.90 Å². The van der Waals surface area contributed by atoms with Crippen molar-refractivity contribution in [3.05, 3.63) is 35.9 Å². The fraction of sp³-hybridized carbons (Fsp3) is 0.308. The predicted octanol–water partition coefficient (Wildman–Crippen LogP) is 2.03. The standard InChI is InChI=1S/C13H13NO2/c15-13-14(10-11-16-13)9-5-4-8-12-6-2-1-3-7-12/h1-3,6-7H,4,8,10-11H2. The van der Waals surface area contributed by atoms with Gasteiger partial charge in [-0.05, 0) is 12.0 Å². The number of carbonyl (C=O) groups is 1. The van der Waals surface area contributed by atoms with Crippen LogP contribution < -0.4 is 0 Å². The number of cyclic esters (lactones) is 1. The fourth-order valence-corrected chi connectivity index (χ4v) is 1.50. The average molecular weight is 215 g/mol. The van der Waals surface area contributed by atoms with Crippen molar-refractivity contribution < 1.29 is 9.53 Å². The van der Waals surface area contributed by atoms with Crippen LogP contribution in [0.15, 0.2) is 30.3 Å². The van der Waals surface area contributed by atoms with E-state index in [1.54, 1.807) is 0 Å². The van der Waals surface area contributed by atoms with Gasteiger partial charge in [0, 0.05) is 12.5 Å². The molecule has 0 bridgehead atoms. The SMILES string of the molecule is O=C1OCCN1C#CCCc1ccccc1. The van der Waals surface area contributed by atoms with Gasteiger partial charge in [0.1, 0.15) is 6.61 Å². The molecule has 1 aliphatic rings. The van der Waals surface area contributed by atoms with Gasteiger partial charge in [0.2, 0.25) is 0 Å². The lowest BCUT2D eigenvalue weighted by Crippen LogP contribution is -2.17. The average Bonchev–Trinajstić information content (AvgIpc) is 2.72. The van der Waals surface area contributed by atoms with Crippen LogP contribution in [0.1, 0.15) is 12.0 Å². The summed E-state index contributed by atoms with van der Waals surface area (Å²) in [5.74, 6) is 2.98. The van der Waals surface area contributed by atoms with E-state index in [0.29, 0.717) is 13.2 Å². The van der Waals surface area contributed by atoms with Gasteiger partial charge in [-0.15, -0.1) is 0 Å². The number of ether oxygens (including phenoxy) is 1. The highest BCUT2D eigenvalue weighted by molar-refractivity contribution is 5.71. The molecule has 0 N–H and O–H groups in total. The Morgan fingerprint density at radius 2 is 2.12 bits per heavy atom. The minimum Gasteiger partial charge on any atom is -0.447 e. The number of rotatable bonds is 2. The summed E-state index contributed by atoms with van der Waals surface area (Å²) in [6.07, 6.45) is 1.34. The predicted molar refractivity (Wildman–Crippen MR) is 60.6 cm³/mol. The maximum Gasteiger partial charge on any atom is 0.421 e. The summed E-state index contributed by atoms with van der Waals surface area (Å²) in [6.45, 7) is 1.03. The smallest absolute Gasteiger partial charge is 0.421 e. The van der Waals surface area contributed by atoms with E-state index in [-0.39, 0.29) is 6.09 Å². The Kier molecular flexibility index (Phi) is 3.45. The van der Waals surface area contributed by atoms with Crippen LogP contribution in [0.5, 0.6) is 0 Å². The van der Waals surface area contributed by atoms with Gasteiger partial charge < -0.3 is 4.74 Å². The molecule has 3 nitrogen and oxygen atoms in total. The van der Waals surface area contributed by atoms with E-state index in [9.17, 15) is 4.79 Å². The van der Waals surface area contributed by atoms with Crippen molar-refractivity contribution in [2.24, 2.45) is 0 Å². The van der Waals surface area contributed by atoms with Crippen LogP contribution in [0.25, 0.3) is 0 Å². The summed E-state index contributed by atoms with van der Waals surface area (Å²) in [5, 5.41) is 0. The molecule has 0 unspecified atom stereocenters. The summed E-state index contributed by atoms with van der Waals surface area (Å²) in [5.41, 5.74) is 1.26. The van der Waals surface area contributed by atoms with E-state index in [2.05, 4.69) is 24.1 Å². The Morgan fingerprint density at radius 1 is 1.31 bits per heavy atom. The Labute approximate surface area is 95.0 Å². The van der Waals surface area contributed by atoms with Crippen molar-refractivity contribution >= 4 is 6.09 Å². The molecule has 0 saturated carbocycles. The molecule has 82 valence electrons. The molecule has 3 heteroatoms. The number of amides is 1. The number of nitrogens with zero attached hydrogens (tertiary/aromatic N) is 1. The largest absolute Gasteiger partial charge is 0.447 e. The third-order valence-corrected chi connectivity index (χ3v) is 2.36. The quantitative estimate of drug-likeness (QED) is 0.706. The van der Waals surface area contributed by atoms with Crippen LogP contribution in [0, 0.1) is 12.0 Å². The number of hydrogen-bond acceptors (Lipinski definition) is 2. The zero-order valence-corrected chi connectivity index (χ0v) is 8.98. The normalized spacial score (nSPS) is 14.2. The third-order valence-electron chi connectivity index (χ3n) is 2.36. The monoisotopic (exact) mass is 215 g/mol. The zero-order chi connectivity index (χ0) is 11.2. The molecule has 16 heavy (non-hydrogen) atoms. The Hall–Kier alpha value is -1.95. The highest BCUT2D eigenvalue weighted by atomic mass is 16.6. The summed E-state index contributed by atoms with van der Waals surface area (Å²) in [7, 11) is 0. The fourth-order valence-electron chi connectivity index (χ4n) is 1.50. The first-order chi connectivity index (χ1) is 7.86. The first-order valence-corrected chi connectivity index (χ1v) is 5.33. The molecule has 1 aromatic carbocycles. The van der Waals surface area contributed by atoms with Gasteiger partial charge in [-0.25, -0.2) is 9.69 Å². The second-order valence-corrected chi connectivity index (χ2v) is 3.54. The minimum atomic E-state index is -0.327. The molecule has 1 heterocycles. The molecular weight excluding hydrogens is 202 g/mol. The van der Waals surface area contributed by atoms with Crippen LogP contribution in [0.3, 0.4) is 0 Å². The van der Waals surface area contributed by atoms with E-state index in [0.717, 1.165) is 12.8 Å². The number of hydrogen-bond donors (Lipinski definition) is 0. The summed E-state index contributed by atoms with van der Waals surface area (Å²) in [6, 6.07) is 13.0. The molecule has 1 saturated heterocycles. The molecule has 1 amide bonds. The van der Waals surface area contributed by atoms with E-state index in [1.165, 1.54) is 10.5 Å². The van der Waals surface area contributed by atoms with Crippen LogP contribution in [-0.4, -0.2) is 24.1 Å². The van der Waals surface area contributed by atoms with E-state index < -0.39 is 0 Å². The van der Waals surface area contributed by atoms with Crippen LogP contribution >= 0.6 is 0 Å². The van der Waals surface area contributed by atoms with Crippen molar-refractivity contribution in [3.8, 4) is 12.0 Å². The first-order valence-electron chi connectivity index (χ1n) is 5.33. The van der Waals surface area contributed by atoms with E-state index in [1.807, 2.05) is 18.2 Å². The molecule has 1 aliphatic heterocycles. The lowest BCUT2D eigenvalue weighted by Gasteiger charge is -2.00. The van der Waals surface area contributed by atoms with Gasteiger partial charge in [-0.2, -0.15) is 0 Å². The van der Waals surface area contributed by atoms with Gasteiger partial charge in [0.15, 0.2) is 0 Å². The van der Waals surface area contributed by atoms with Crippen molar-refractivity contribution in [1.29, 1.82) is 0 Å². The van der Waals surface area contributed by atoms with E-state index in [4.69, 9.17) is 4.74 Å². The molecule has 0 radical (unpaired) electrons. The minimum absolute atomic E-state index is 0.327. The third kappa shape index (κ3) is 2.77. The Morgan fingerprint density at radius 3 is 2.81 bits per heavy atom.